The van der Waals surface area contributed by atoms with Crippen LogP contribution < -0.4 is 15.3 Å². The van der Waals surface area contributed by atoms with E-state index in [1.54, 1.807) is 0 Å². The SMILES string of the molecule is OCc1ccccc1Pc1cc(CC2C=CC=CC2)cc(CC2C=CC=CC2)c1OCc1ccccc1. The number of rotatable bonds is 10. The van der Waals surface area contributed by atoms with Crippen LogP contribution in [0.15, 0.2) is 115 Å². The Hall–Kier alpha value is -3.19. The molecular weight excluding hydrogens is 471 g/mol. The minimum absolute atomic E-state index is 0.0499. The van der Waals surface area contributed by atoms with Crippen molar-refractivity contribution in [1.82, 2.24) is 0 Å². The molecule has 0 saturated carbocycles. The molecular formula is C34H35O2P. The van der Waals surface area contributed by atoms with Crippen molar-refractivity contribution in [2.45, 2.75) is 38.9 Å². The molecule has 0 aliphatic heterocycles. The van der Waals surface area contributed by atoms with E-state index in [4.69, 9.17) is 4.74 Å². The lowest BCUT2D eigenvalue weighted by Crippen LogP contribution is -2.17. The zero-order valence-electron chi connectivity index (χ0n) is 21.2. The van der Waals surface area contributed by atoms with Gasteiger partial charge in [-0.25, -0.2) is 0 Å². The lowest BCUT2D eigenvalue weighted by atomic mass is 9.89. The second-order valence-corrected chi connectivity index (χ2v) is 11.2. The molecule has 1 N–H and O–H groups in total. The van der Waals surface area contributed by atoms with Gasteiger partial charge in [-0.2, -0.15) is 0 Å². The van der Waals surface area contributed by atoms with E-state index >= 15 is 0 Å². The van der Waals surface area contributed by atoms with E-state index in [0.29, 0.717) is 27.0 Å². The largest absolute Gasteiger partial charge is 0.488 e. The van der Waals surface area contributed by atoms with Gasteiger partial charge in [-0.15, -0.1) is 0 Å². The number of ether oxygens (including phenoxy) is 1. The Morgan fingerprint density at radius 2 is 1.41 bits per heavy atom. The van der Waals surface area contributed by atoms with Gasteiger partial charge in [0.15, 0.2) is 0 Å². The third-order valence-electron chi connectivity index (χ3n) is 7.03. The molecule has 0 bridgehead atoms. The van der Waals surface area contributed by atoms with Crippen LogP contribution in [-0.2, 0) is 26.1 Å². The zero-order chi connectivity index (χ0) is 25.3. The van der Waals surface area contributed by atoms with Gasteiger partial charge in [0.25, 0.3) is 0 Å². The minimum Gasteiger partial charge on any atom is -0.488 e. The molecule has 0 radical (unpaired) electrons. The average molecular weight is 507 g/mol. The van der Waals surface area contributed by atoms with E-state index in [1.807, 2.05) is 18.2 Å². The Bertz CT molecular complexity index is 1300. The van der Waals surface area contributed by atoms with Crippen molar-refractivity contribution in [3.8, 4) is 5.75 Å². The summed E-state index contributed by atoms with van der Waals surface area (Å²) in [6.07, 6.45) is 21.9. The van der Waals surface area contributed by atoms with Crippen molar-refractivity contribution in [2.24, 2.45) is 11.8 Å². The summed E-state index contributed by atoms with van der Waals surface area (Å²) in [6.45, 7) is 0.594. The molecule has 0 aromatic heterocycles. The maximum atomic E-state index is 10.0. The fourth-order valence-electron chi connectivity index (χ4n) is 5.09. The number of benzene rings is 3. The van der Waals surface area contributed by atoms with E-state index < -0.39 is 0 Å². The molecule has 0 amide bonds. The van der Waals surface area contributed by atoms with Crippen molar-refractivity contribution in [2.75, 3.05) is 0 Å². The Balaban J connectivity index is 1.54. The molecule has 2 nitrogen and oxygen atoms in total. The molecule has 5 rings (SSSR count). The van der Waals surface area contributed by atoms with Gasteiger partial charge >= 0.3 is 0 Å². The molecule has 2 aliphatic carbocycles. The lowest BCUT2D eigenvalue weighted by molar-refractivity contribution is 0.283. The first-order valence-electron chi connectivity index (χ1n) is 13.2. The standard InChI is InChI=1S/C34H35O2P/c35-24-30-18-10-11-19-32(30)37-33-23-29(20-26-12-4-1-5-13-26)22-31(21-27-14-6-2-7-15-27)34(33)36-25-28-16-8-3-9-17-28/h1-12,14,16-19,22-23,26-27,35,37H,13,15,20-21,24-25H2. The predicted octanol–water partition coefficient (Wildman–Crippen LogP) is 6.74. The number of allylic oxidation sites excluding steroid dienone is 8. The van der Waals surface area contributed by atoms with Crippen LogP contribution in [0.4, 0.5) is 0 Å². The van der Waals surface area contributed by atoms with Crippen LogP contribution in [0, 0.1) is 11.8 Å². The third kappa shape index (κ3) is 6.98. The first-order chi connectivity index (χ1) is 18.3. The Morgan fingerprint density at radius 3 is 2.11 bits per heavy atom. The van der Waals surface area contributed by atoms with Crippen molar-refractivity contribution < 1.29 is 9.84 Å². The summed E-state index contributed by atoms with van der Waals surface area (Å²) in [5.74, 6) is 2.01. The molecule has 3 heteroatoms. The third-order valence-corrected chi connectivity index (χ3v) is 8.43. The molecule has 3 aromatic carbocycles. The van der Waals surface area contributed by atoms with E-state index in [9.17, 15) is 5.11 Å². The van der Waals surface area contributed by atoms with Crippen LogP contribution >= 0.6 is 8.58 Å². The highest BCUT2D eigenvalue weighted by Gasteiger charge is 2.19. The van der Waals surface area contributed by atoms with Gasteiger partial charge in [0.2, 0.25) is 0 Å². The van der Waals surface area contributed by atoms with Gasteiger partial charge in [0, 0.05) is 5.30 Å². The Morgan fingerprint density at radius 1 is 0.703 bits per heavy atom. The van der Waals surface area contributed by atoms with Gasteiger partial charge < -0.3 is 9.84 Å². The topological polar surface area (TPSA) is 29.5 Å². The summed E-state index contributed by atoms with van der Waals surface area (Å²) in [4.78, 5) is 0. The molecule has 37 heavy (non-hydrogen) atoms. The summed E-state index contributed by atoms with van der Waals surface area (Å²) in [6, 6.07) is 23.4. The molecule has 0 heterocycles. The van der Waals surface area contributed by atoms with Gasteiger partial charge in [-0.1, -0.05) is 118 Å². The maximum Gasteiger partial charge on any atom is 0.130 e. The van der Waals surface area contributed by atoms with Crippen LogP contribution in [0.1, 0.15) is 35.1 Å². The van der Waals surface area contributed by atoms with E-state index in [1.165, 1.54) is 27.3 Å². The van der Waals surface area contributed by atoms with Gasteiger partial charge in [0.05, 0.1) is 6.61 Å². The van der Waals surface area contributed by atoms with Gasteiger partial charge in [0.1, 0.15) is 12.4 Å². The quantitative estimate of drug-likeness (QED) is 0.309. The van der Waals surface area contributed by atoms with Gasteiger partial charge in [-0.3, -0.25) is 0 Å². The molecule has 3 aromatic rings. The van der Waals surface area contributed by atoms with Crippen molar-refractivity contribution in [3.05, 3.63) is 138 Å². The van der Waals surface area contributed by atoms with Crippen molar-refractivity contribution in [3.63, 3.8) is 0 Å². The summed E-state index contributed by atoms with van der Waals surface area (Å²) in [5.41, 5.74) is 4.81. The molecule has 3 atom stereocenters. The smallest absolute Gasteiger partial charge is 0.130 e. The summed E-state index contributed by atoms with van der Waals surface area (Å²) in [5, 5.41) is 12.4. The average Bonchev–Trinajstić information content (AvgIpc) is 2.95. The second kappa shape index (κ2) is 12.9. The highest BCUT2D eigenvalue weighted by molar-refractivity contribution is 7.55. The van der Waals surface area contributed by atoms with Gasteiger partial charge in [-0.05, 0) is 71.1 Å². The number of hydrogen-bond acceptors (Lipinski definition) is 2. The minimum atomic E-state index is 0.0499. The van der Waals surface area contributed by atoms with Crippen LogP contribution in [0.3, 0.4) is 0 Å². The lowest BCUT2D eigenvalue weighted by Gasteiger charge is -2.23. The van der Waals surface area contributed by atoms with Crippen molar-refractivity contribution in [1.29, 1.82) is 0 Å². The van der Waals surface area contributed by atoms with E-state index in [2.05, 4.69) is 97.1 Å². The predicted molar refractivity (Wildman–Crippen MR) is 157 cm³/mol. The Labute approximate surface area is 222 Å². The first kappa shape index (κ1) is 25.5. The normalized spacial score (nSPS) is 18.6. The van der Waals surface area contributed by atoms with E-state index in [-0.39, 0.29) is 6.61 Å². The number of aliphatic hydroxyl groups excluding tert-OH is 1. The number of hydrogen-bond donors (Lipinski definition) is 1. The maximum absolute atomic E-state index is 10.0. The van der Waals surface area contributed by atoms with Crippen LogP contribution in [0.5, 0.6) is 5.75 Å². The monoisotopic (exact) mass is 506 g/mol. The molecule has 0 spiro atoms. The summed E-state index contributed by atoms with van der Waals surface area (Å²) < 4.78 is 6.66. The van der Waals surface area contributed by atoms with E-state index in [0.717, 1.165) is 37.0 Å². The first-order valence-corrected chi connectivity index (χ1v) is 14.2. The zero-order valence-corrected chi connectivity index (χ0v) is 22.2. The van der Waals surface area contributed by atoms with Crippen LogP contribution in [0.25, 0.3) is 0 Å². The second-order valence-electron chi connectivity index (χ2n) is 9.87. The Kier molecular flexibility index (Phi) is 8.85. The fourth-order valence-corrected chi connectivity index (χ4v) is 6.49. The van der Waals surface area contributed by atoms with Crippen molar-refractivity contribution >= 4 is 19.2 Å². The fraction of sp³-hybridized carbons (Fsp3) is 0.235. The van der Waals surface area contributed by atoms with Crippen LogP contribution in [0.2, 0.25) is 0 Å². The van der Waals surface area contributed by atoms with Crippen LogP contribution in [-0.4, -0.2) is 5.11 Å². The molecule has 0 saturated heterocycles. The number of aliphatic hydroxyl groups is 1. The molecule has 3 unspecified atom stereocenters. The molecule has 2 aliphatic rings. The highest BCUT2D eigenvalue weighted by atomic mass is 31.1. The molecule has 0 fully saturated rings. The summed E-state index contributed by atoms with van der Waals surface area (Å²) >= 11 is 0. The highest BCUT2D eigenvalue weighted by Crippen LogP contribution is 2.32. The molecule has 188 valence electrons. The summed E-state index contributed by atoms with van der Waals surface area (Å²) in [7, 11) is 0.417.